The Bertz CT molecular complexity index is 749. The number of methoxy groups -OCH3 is 1. The van der Waals surface area contributed by atoms with Gasteiger partial charge in [0.1, 0.15) is 17.5 Å². The molecule has 0 spiro atoms. The number of hydrogen-bond donors (Lipinski definition) is 2. The topological polar surface area (TPSA) is 88.1 Å². The lowest BCUT2D eigenvalue weighted by Gasteiger charge is -2.28. The summed E-state index contributed by atoms with van der Waals surface area (Å²) >= 11 is 0. The number of amides is 2. The monoisotopic (exact) mass is 386 g/mol. The fourth-order valence-corrected chi connectivity index (χ4v) is 2.58. The summed E-state index contributed by atoms with van der Waals surface area (Å²) in [5.41, 5.74) is 0.857. The van der Waals surface area contributed by atoms with E-state index >= 15 is 0 Å². The molecule has 7 nitrogen and oxygen atoms in total. The van der Waals surface area contributed by atoms with E-state index in [4.69, 9.17) is 14.6 Å². The molecule has 2 N–H and O–H groups in total. The van der Waals surface area contributed by atoms with Gasteiger partial charge < -0.3 is 24.8 Å². The second-order valence-corrected chi connectivity index (χ2v) is 6.16. The molecule has 0 heterocycles. The number of nitrogens with one attached hydrogen (secondary N) is 1. The van der Waals surface area contributed by atoms with Gasteiger partial charge in [0.15, 0.2) is 6.61 Å². The van der Waals surface area contributed by atoms with Crippen molar-refractivity contribution in [2.45, 2.75) is 19.5 Å². The molecule has 2 rings (SSSR count). The Morgan fingerprint density at radius 1 is 1.07 bits per heavy atom. The minimum absolute atomic E-state index is 0.133. The predicted molar refractivity (Wildman–Crippen MR) is 105 cm³/mol. The van der Waals surface area contributed by atoms with Crippen LogP contribution < -0.4 is 14.8 Å². The Kier molecular flexibility index (Phi) is 8.30. The zero-order chi connectivity index (χ0) is 20.4. The minimum Gasteiger partial charge on any atom is -0.497 e. The van der Waals surface area contributed by atoms with Crippen LogP contribution in [0.2, 0.25) is 0 Å². The molecule has 1 atom stereocenters. The first-order valence-corrected chi connectivity index (χ1v) is 9.04. The maximum absolute atomic E-state index is 12.8. The normalized spacial score (nSPS) is 11.4. The number of nitrogens with zero attached hydrogens (tertiary/aromatic N) is 1. The van der Waals surface area contributed by atoms with E-state index in [1.165, 1.54) is 4.90 Å². The van der Waals surface area contributed by atoms with Crippen LogP contribution in [0.5, 0.6) is 11.5 Å². The molecule has 150 valence electrons. The molecular formula is C21H26N2O5. The number of benzene rings is 2. The smallest absolute Gasteiger partial charge is 0.261 e. The van der Waals surface area contributed by atoms with Crippen LogP contribution in [-0.2, 0) is 16.1 Å². The number of carbonyl (C=O) groups excluding carboxylic acids is 2. The highest BCUT2D eigenvalue weighted by Gasteiger charge is 2.26. The van der Waals surface area contributed by atoms with Crippen molar-refractivity contribution in [3.63, 3.8) is 0 Å². The lowest BCUT2D eigenvalue weighted by atomic mass is 10.1. The van der Waals surface area contributed by atoms with Gasteiger partial charge in [0.25, 0.3) is 5.91 Å². The average Bonchev–Trinajstić information content (AvgIpc) is 2.74. The first kappa shape index (κ1) is 21.2. The Labute approximate surface area is 164 Å². The second kappa shape index (κ2) is 10.9. The Morgan fingerprint density at radius 2 is 1.75 bits per heavy atom. The molecule has 0 saturated carbocycles. The molecule has 0 fully saturated rings. The van der Waals surface area contributed by atoms with Gasteiger partial charge in [-0.15, -0.1) is 0 Å². The summed E-state index contributed by atoms with van der Waals surface area (Å²) in [6.45, 7) is 1.68. The molecule has 0 saturated heterocycles. The fourth-order valence-electron chi connectivity index (χ4n) is 2.58. The molecule has 0 aliphatic heterocycles. The zero-order valence-electron chi connectivity index (χ0n) is 16.1. The Morgan fingerprint density at radius 3 is 2.36 bits per heavy atom. The molecule has 0 aliphatic rings. The van der Waals surface area contributed by atoms with Crippen LogP contribution in [-0.4, -0.2) is 54.7 Å². The summed E-state index contributed by atoms with van der Waals surface area (Å²) in [4.78, 5) is 26.6. The average molecular weight is 386 g/mol. The van der Waals surface area contributed by atoms with Crippen LogP contribution in [0.15, 0.2) is 54.6 Å². The molecule has 0 radical (unpaired) electrons. The molecule has 2 amide bonds. The van der Waals surface area contributed by atoms with Gasteiger partial charge in [0.2, 0.25) is 5.91 Å². The van der Waals surface area contributed by atoms with E-state index in [1.54, 1.807) is 38.3 Å². The Hall–Kier alpha value is -3.06. The highest BCUT2D eigenvalue weighted by molar-refractivity contribution is 5.87. The Balaban J connectivity index is 2.11. The summed E-state index contributed by atoms with van der Waals surface area (Å²) in [5.74, 6) is 0.641. The fraction of sp³-hybridized carbons (Fsp3) is 0.333. The van der Waals surface area contributed by atoms with Gasteiger partial charge in [-0.05, 0) is 36.8 Å². The summed E-state index contributed by atoms with van der Waals surface area (Å²) in [6, 6.07) is 15.6. The van der Waals surface area contributed by atoms with Crippen LogP contribution >= 0.6 is 0 Å². The molecule has 2 aromatic rings. The van der Waals surface area contributed by atoms with Crippen LogP contribution in [0.25, 0.3) is 0 Å². The van der Waals surface area contributed by atoms with E-state index in [0.717, 1.165) is 5.56 Å². The van der Waals surface area contributed by atoms with E-state index < -0.39 is 6.04 Å². The first-order chi connectivity index (χ1) is 13.5. The summed E-state index contributed by atoms with van der Waals surface area (Å²) in [5, 5.41) is 11.5. The number of aliphatic hydroxyl groups is 1. The van der Waals surface area contributed by atoms with Crippen LogP contribution in [0.1, 0.15) is 12.5 Å². The third kappa shape index (κ3) is 6.28. The summed E-state index contributed by atoms with van der Waals surface area (Å²) in [7, 11) is 1.58. The van der Waals surface area contributed by atoms with Gasteiger partial charge in [-0.2, -0.15) is 0 Å². The number of rotatable bonds is 10. The summed E-state index contributed by atoms with van der Waals surface area (Å²) in [6.07, 6.45) is 0. The van der Waals surface area contributed by atoms with Gasteiger partial charge in [0.05, 0.1) is 13.7 Å². The maximum Gasteiger partial charge on any atom is 0.261 e. The largest absolute Gasteiger partial charge is 0.497 e. The van der Waals surface area contributed by atoms with Crippen molar-refractivity contribution in [1.82, 2.24) is 10.2 Å². The molecule has 28 heavy (non-hydrogen) atoms. The lowest BCUT2D eigenvalue weighted by molar-refractivity contribution is -0.142. The highest BCUT2D eigenvalue weighted by Crippen LogP contribution is 2.15. The van der Waals surface area contributed by atoms with E-state index in [9.17, 15) is 9.59 Å². The quantitative estimate of drug-likeness (QED) is 0.648. The number of hydrogen-bond acceptors (Lipinski definition) is 5. The van der Waals surface area contributed by atoms with E-state index in [2.05, 4.69) is 5.32 Å². The highest BCUT2D eigenvalue weighted by atomic mass is 16.5. The molecule has 7 heteroatoms. The number of ether oxygens (including phenoxy) is 2. The standard InChI is InChI=1S/C21H26N2O5/c1-16(21(26)22-12-13-24)23(14-17-8-10-18(27-2)11-9-17)20(25)15-28-19-6-4-3-5-7-19/h3-11,16,24H,12-15H2,1-2H3,(H,22,26)/t16-/m1/s1. The van der Waals surface area contributed by atoms with E-state index in [-0.39, 0.29) is 38.1 Å². The molecule has 2 aromatic carbocycles. The van der Waals surface area contributed by atoms with Crippen molar-refractivity contribution in [3.8, 4) is 11.5 Å². The number of carbonyl (C=O) groups is 2. The second-order valence-electron chi connectivity index (χ2n) is 6.16. The van der Waals surface area contributed by atoms with Crippen molar-refractivity contribution in [3.05, 3.63) is 60.2 Å². The molecule has 0 bridgehead atoms. The van der Waals surface area contributed by atoms with Gasteiger partial charge in [0, 0.05) is 13.1 Å². The molecule has 0 aromatic heterocycles. The molecule has 0 aliphatic carbocycles. The lowest BCUT2D eigenvalue weighted by Crippen LogP contribution is -2.49. The van der Waals surface area contributed by atoms with E-state index in [0.29, 0.717) is 11.5 Å². The van der Waals surface area contributed by atoms with E-state index in [1.807, 2.05) is 30.3 Å². The van der Waals surface area contributed by atoms with Crippen molar-refractivity contribution >= 4 is 11.8 Å². The SMILES string of the molecule is COc1ccc(CN(C(=O)COc2ccccc2)[C@H](C)C(=O)NCCO)cc1. The van der Waals surface area contributed by atoms with Crippen molar-refractivity contribution in [2.75, 3.05) is 26.9 Å². The zero-order valence-corrected chi connectivity index (χ0v) is 16.1. The van der Waals surface area contributed by atoms with Crippen LogP contribution in [0, 0.1) is 0 Å². The van der Waals surface area contributed by atoms with Crippen LogP contribution in [0.3, 0.4) is 0 Å². The molecule has 0 unspecified atom stereocenters. The predicted octanol–water partition coefficient (Wildman–Crippen LogP) is 1.60. The van der Waals surface area contributed by atoms with Gasteiger partial charge in [-0.25, -0.2) is 0 Å². The number of para-hydroxylation sites is 1. The summed E-state index contributed by atoms with van der Waals surface area (Å²) < 4.78 is 10.7. The van der Waals surface area contributed by atoms with Crippen molar-refractivity contribution < 1.29 is 24.2 Å². The van der Waals surface area contributed by atoms with Crippen molar-refractivity contribution in [2.24, 2.45) is 0 Å². The first-order valence-electron chi connectivity index (χ1n) is 9.04. The van der Waals surface area contributed by atoms with Crippen molar-refractivity contribution in [1.29, 1.82) is 0 Å². The third-order valence-corrected chi connectivity index (χ3v) is 4.20. The van der Waals surface area contributed by atoms with Gasteiger partial charge >= 0.3 is 0 Å². The molecular weight excluding hydrogens is 360 g/mol. The minimum atomic E-state index is -0.722. The maximum atomic E-state index is 12.8. The van der Waals surface area contributed by atoms with Crippen LogP contribution in [0.4, 0.5) is 0 Å². The van der Waals surface area contributed by atoms with Gasteiger partial charge in [-0.3, -0.25) is 9.59 Å². The number of aliphatic hydroxyl groups excluding tert-OH is 1. The third-order valence-electron chi connectivity index (χ3n) is 4.20. The van der Waals surface area contributed by atoms with Gasteiger partial charge in [-0.1, -0.05) is 30.3 Å².